The Labute approximate surface area is 163 Å². The highest BCUT2D eigenvalue weighted by molar-refractivity contribution is 5.37. The molecule has 0 amide bonds. The molecule has 28 heavy (non-hydrogen) atoms. The van der Waals surface area contributed by atoms with Crippen molar-refractivity contribution >= 4 is 5.65 Å². The molecule has 0 radical (unpaired) electrons. The second-order valence-electron chi connectivity index (χ2n) is 7.30. The molecule has 148 valence electrons. The third-order valence-corrected chi connectivity index (χ3v) is 5.28. The minimum Gasteiger partial charge on any atom is -0.338 e. The molecule has 1 saturated heterocycles. The third kappa shape index (κ3) is 3.98. The maximum Gasteiger partial charge on any atom is 0.258 e. The number of hydrogen-bond acceptors (Lipinski definition) is 7. The zero-order chi connectivity index (χ0) is 19.5. The van der Waals surface area contributed by atoms with E-state index in [1.54, 1.807) is 16.7 Å². The number of fused-ring (bicyclic) bond motifs is 1. The van der Waals surface area contributed by atoms with Crippen molar-refractivity contribution in [2.75, 3.05) is 26.2 Å². The van der Waals surface area contributed by atoms with Gasteiger partial charge in [0.25, 0.3) is 5.56 Å². The number of rotatable bonds is 6. The lowest BCUT2D eigenvalue weighted by Gasteiger charge is -2.36. The molecule has 0 N–H and O–H groups in total. The van der Waals surface area contributed by atoms with Crippen LogP contribution in [0, 0.1) is 0 Å². The highest BCUT2D eigenvalue weighted by Crippen LogP contribution is 2.21. The third-order valence-electron chi connectivity index (χ3n) is 5.28. The summed E-state index contributed by atoms with van der Waals surface area (Å²) >= 11 is 0. The molecule has 8 heteroatoms. The van der Waals surface area contributed by atoms with Crippen molar-refractivity contribution in [2.45, 2.75) is 39.3 Å². The summed E-state index contributed by atoms with van der Waals surface area (Å²) in [7, 11) is 0. The van der Waals surface area contributed by atoms with Gasteiger partial charge in [-0.1, -0.05) is 18.1 Å². The Bertz CT molecular complexity index is 990. The van der Waals surface area contributed by atoms with Gasteiger partial charge in [0.1, 0.15) is 5.65 Å². The molecule has 3 aromatic heterocycles. The largest absolute Gasteiger partial charge is 0.338 e. The Morgan fingerprint density at radius 3 is 2.79 bits per heavy atom. The van der Waals surface area contributed by atoms with E-state index < -0.39 is 0 Å². The fourth-order valence-corrected chi connectivity index (χ4v) is 3.64. The monoisotopic (exact) mass is 382 g/mol. The predicted molar refractivity (Wildman–Crippen MR) is 105 cm³/mol. The van der Waals surface area contributed by atoms with Gasteiger partial charge in [-0.15, -0.1) is 0 Å². The summed E-state index contributed by atoms with van der Waals surface area (Å²) in [5.41, 5.74) is 1.47. The predicted octanol–water partition coefficient (Wildman–Crippen LogP) is 1.91. The summed E-state index contributed by atoms with van der Waals surface area (Å²) in [5.74, 6) is 1.48. The van der Waals surface area contributed by atoms with Gasteiger partial charge in [-0.25, -0.2) is 4.98 Å². The van der Waals surface area contributed by atoms with E-state index in [4.69, 9.17) is 4.52 Å². The van der Waals surface area contributed by atoms with E-state index in [2.05, 4.69) is 38.8 Å². The molecule has 1 atom stereocenters. The molecular weight excluding hydrogens is 356 g/mol. The normalized spacial score (nSPS) is 17.2. The van der Waals surface area contributed by atoms with Crippen molar-refractivity contribution in [1.82, 2.24) is 29.3 Å². The minimum atomic E-state index is -0.0351. The van der Waals surface area contributed by atoms with E-state index in [0.29, 0.717) is 18.1 Å². The lowest BCUT2D eigenvalue weighted by molar-refractivity contribution is 0.0839. The topological polar surface area (TPSA) is 79.8 Å². The summed E-state index contributed by atoms with van der Waals surface area (Å²) < 4.78 is 7.02. The number of hydrogen-bond donors (Lipinski definition) is 0. The van der Waals surface area contributed by atoms with Crippen molar-refractivity contribution in [1.29, 1.82) is 0 Å². The van der Waals surface area contributed by atoms with Crippen LogP contribution < -0.4 is 5.56 Å². The zero-order valence-electron chi connectivity index (χ0n) is 16.4. The molecule has 1 aliphatic rings. The van der Waals surface area contributed by atoms with E-state index in [1.165, 1.54) is 0 Å². The molecule has 0 spiro atoms. The van der Waals surface area contributed by atoms with Crippen molar-refractivity contribution in [2.24, 2.45) is 0 Å². The highest BCUT2D eigenvalue weighted by atomic mass is 16.5. The van der Waals surface area contributed by atoms with Gasteiger partial charge < -0.3 is 4.52 Å². The zero-order valence-corrected chi connectivity index (χ0v) is 16.4. The number of piperazine rings is 1. The molecule has 3 aromatic rings. The average molecular weight is 382 g/mol. The van der Waals surface area contributed by atoms with E-state index in [1.807, 2.05) is 18.2 Å². The fourth-order valence-electron chi connectivity index (χ4n) is 3.64. The number of aryl methyl sites for hydroxylation is 1. The molecule has 0 unspecified atom stereocenters. The van der Waals surface area contributed by atoms with Gasteiger partial charge in [-0.2, -0.15) is 4.98 Å². The molecular formula is C20H26N6O2. The van der Waals surface area contributed by atoms with Gasteiger partial charge in [-0.05, 0) is 25.5 Å². The summed E-state index contributed by atoms with van der Waals surface area (Å²) in [6.45, 7) is 8.57. The van der Waals surface area contributed by atoms with Gasteiger partial charge in [0.15, 0.2) is 5.82 Å². The van der Waals surface area contributed by atoms with Crippen LogP contribution in [0.25, 0.3) is 5.65 Å². The van der Waals surface area contributed by atoms with Crippen LogP contribution >= 0.6 is 0 Å². The number of aromatic nitrogens is 4. The van der Waals surface area contributed by atoms with Crippen LogP contribution in [0.2, 0.25) is 0 Å². The molecule has 8 nitrogen and oxygen atoms in total. The van der Waals surface area contributed by atoms with Gasteiger partial charge in [0.05, 0.1) is 11.7 Å². The Morgan fingerprint density at radius 2 is 2.00 bits per heavy atom. The average Bonchev–Trinajstić information content (AvgIpc) is 3.17. The Balaban J connectivity index is 1.37. The smallest absolute Gasteiger partial charge is 0.258 e. The molecule has 4 rings (SSSR count). The van der Waals surface area contributed by atoms with E-state index >= 15 is 0 Å². The Morgan fingerprint density at radius 1 is 1.18 bits per heavy atom. The van der Waals surface area contributed by atoms with Crippen molar-refractivity contribution in [3.8, 4) is 0 Å². The van der Waals surface area contributed by atoms with Gasteiger partial charge in [0.2, 0.25) is 5.89 Å². The standard InChI is InChI=1S/C20H26N6O2/c1-3-6-17-22-20(28-23-17)15(2)25-11-9-24(10-12-25)14-16-13-19(27)26-8-5-4-7-18(26)21-16/h4-5,7-8,13,15H,3,6,9-12,14H2,1-2H3/t15-/m0/s1. The van der Waals surface area contributed by atoms with Crippen LogP contribution in [0.15, 0.2) is 39.8 Å². The molecule has 0 saturated carbocycles. The van der Waals surface area contributed by atoms with Crippen LogP contribution in [-0.2, 0) is 13.0 Å². The second-order valence-corrected chi connectivity index (χ2v) is 7.30. The summed E-state index contributed by atoms with van der Waals surface area (Å²) in [4.78, 5) is 26.1. The molecule has 1 fully saturated rings. The highest BCUT2D eigenvalue weighted by Gasteiger charge is 2.26. The van der Waals surface area contributed by atoms with Gasteiger partial charge in [-0.3, -0.25) is 19.0 Å². The first-order chi connectivity index (χ1) is 13.6. The first kappa shape index (κ1) is 18.8. The van der Waals surface area contributed by atoms with E-state index in [0.717, 1.165) is 50.5 Å². The second kappa shape index (κ2) is 8.20. The first-order valence-corrected chi connectivity index (χ1v) is 9.90. The summed E-state index contributed by atoms with van der Waals surface area (Å²) in [5, 5.41) is 4.06. The van der Waals surface area contributed by atoms with Crippen LogP contribution in [0.5, 0.6) is 0 Å². The molecule has 0 aromatic carbocycles. The fraction of sp³-hybridized carbons (Fsp3) is 0.500. The van der Waals surface area contributed by atoms with Crippen molar-refractivity contribution in [3.05, 3.63) is 58.2 Å². The van der Waals surface area contributed by atoms with Gasteiger partial charge >= 0.3 is 0 Å². The van der Waals surface area contributed by atoms with E-state index in [-0.39, 0.29) is 11.6 Å². The number of nitrogens with zero attached hydrogens (tertiary/aromatic N) is 6. The minimum absolute atomic E-state index is 0.0351. The van der Waals surface area contributed by atoms with Crippen LogP contribution in [-0.4, -0.2) is 55.5 Å². The van der Waals surface area contributed by atoms with Crippen molar-refractivity contribution in [3.63, 3.8) is 0 Å². The maximum absolute atomic E-state index is 12.3. The van der Waals surface area contributed by atoms with E-state index in [9.17, 15) is 4.79 Å². The van der Waals surface area contributed by atoms with Gasteiger partial charge in [0, 0.05) is 51.4 Å². The van der Waals surface area contributed by atoms with Crippen LogP contribution in [0.4, 0.5) is 0 Å². The van der Waals surface area contributed by atoms with Crippen LogP contribution in [0.1, 0.15) is 43.7 Å². The molecule has 1 aliphatic heterocycles. The first-order valence-electron chi connectivity index (χ1n) is 9.90. The van der Waals surface area contributed by atoms with Crippen molar-refractivity contribution < 1.29 is 4.52 Å². The lowest BCUT2D eigenvalue weighted by Crippen LogP contribution is -2.46. The summed E-state index contributed by atoms with van der Waals surface area (Å²) in [6, 6.07) is 7.35. The quantitative estimate of drug-likeness (QED) is 0.644. The Hall–Kier alpha value is -2.58. The SMILES string of the molecule is CCCc1noc([C@H](C)N2CCN(Cc3cc(=O)n4ccccc4n3)CC2)n1. The molecule has 0 aliphatic carbocycles. The lowest BCUT2D eigenvalue weighted by atomic mass is 10.2. The molecule has 0 bridgehead atoms. The Kier molecular flexibility index (Phi) is 5.50. The van der Waals surface area contributed by atoms with Crippen LogP contribution in [0.3, 0.4) is 0 Å². The number of pyridine rings is 1. The summed E-state index contributed by atoms with van der Waals surface area (Å²) in [6.07, 6.45) is 3.61. The molecule has 4 heterocycles. The maximum atomic E-state index is 12.3.